The van der Waals surface area contributed by atoms with Gasteiger partial charge in [0.25, 0.3) is 0 Å². The Bertz CT molecular complexity index is 346. The minimum Gasteiger partial charge on any atom is -0.173 e. The van der Waals surface area contributed by atoms with E-state index in [1.165, 1.54) is 44.9 Å². The van der Waals surface area contributed by atoms with E-state index in [0.717, 1.165) is 41.4 Å². The lowest BCUT2D eigenvalue weighted by Crippen LogP contribution is -2.42. The first kappa shape index (κ1) is 18.7. The monoisotopic (exact) mass is 324 g/mol. The van der Waals surface area contributed by atoms with Crippen LogP contribution in [-0.4, -0.2) is 4.75 Å². The van der Waals surface area contributed by atoms with Crippen molar-refractivity contribution < 1.29 is 0 Å². The Kier molecular flexibility index (Phi) is 6.36. The molecule has 0 aromatic rings. The van der Waals surface area contributed by atoms with E-state index in [1.807, 2.05) is 0 Å². The predicted molar refractivity (Wildman–Crippen MR) is 103 cm³/mol. The molecule has 0 aromatic heterocycles. The van der Waals surface area contributed by atoms with E-state index in [0.29, 0.717) is 4.75 Å². The van der Waals surface area contributed by atoms with Crippen molar-refractivity contribution in [2.75, 3.05) is 0 Å². The Morgan fingerprint density at radius 2 is 1.82 bits per heavy atom. The van der Waals surface area contributed by atoms with Gasteiger partial charge in [-0.2, -0.15) is 12.6 Å². The lowest BCUT2D eigenvalue weighted by atomic mass is 9.57. The SMILES string of the molecule is CCC(C)C1CC(C2CCCC(C)(S)C2)C(C(C)C)CC1C. The lowest BCUT2D eigenvalue weighted by Gasteiger charge is -2.50. The fraction of sp³-hybridized carbons (Fsp3) is 1.00. The second-order valence-corrected chi connectivity index (χ2v) is 10.5. The van der Waals surface area contributed by atoms with Crippen LogP contribution in [0.25, 0.3) is 0 Å². The average Bonchev–Trinajstić information content (AvgIpc) is 2.44. The van der Waals surface area contributed by atoms with Crippen molar-refractivity contribution in [3.63, 3.8) is 0 Å². The number of hydrogen-bond donors (Lipinski definition) is 1. The van der Waals surface area contributed by atoms with E-state index in [1.54, 1.807) is 0 Å². The lowest BCUT2D eigenvalue weighted by molar-refractivity contribution is 0.0140. The van der Waals surface area contributed by atoms with Crippen LogP contribution in [0.1, 0.15) is 86.5 Å². The summed E-state index contributed by atoms with van der Waals surface area (Å²) < 4.78 is 0.291. The summed E-state index contributed by atoms with van der Waals surface area (Å²) in [4.78, 5) is 0. The standard InChI is InChI=1S/C21H40S/c1-7-15(4)19-12-20(18(14(2)3)11-16(19)5)17-9-8-10-21(6,22)13-17/h14-20,22H,7-13H2,1-6H3. The van der Waals surface area contributed by atoms with E-state index < -0.39 is 0 Å². The first-order valence-corrected chi connectivity index (χ1v) is 10.4. The molecule has 0 heterocycles. The molecule has 2 fully saturated rings. The highest BCUT2D eigenvalue weighted by Gasteiger charge is 2.43. The van der Waals surface area contributed by atoms with Gasteiger partial charge in [-0.1, -0.05) is 60.8 Å². The average molecular weight is 325 g/mol. The highest BCUT2D eigenvalue weighted by atomic mass is 32.1. The molecule has 0 radical (unpaired) electrons. The second-order valence-electron chi connectivity index (χ2n) is 9.42. The van der Waals surface area contributed by atoms with E-state index in [2.05, 4.69) is 41.5 Å². The van der Waals surface area contributed by atoms with Gasteiger partial charge in [0.05, 0.1) is 0 Å². The van der Waals surface area contributed by atoms with Crippen LogP contribution < -0.4 is 0 Å². The second kappa shape index (κ2) is 7.49. The summed E-state index contributed by atoms with van der Waals surface area (Å²) in [6, 6.07) is 0. The molecular weight excluding hydrogens is 284 g/mol. The molecule has 0 N–H and O–H groups in total. The smallest absolute Gasteiger partial charge is 0.0104 e. The number of thiol groups is 1. The third-order valence-corrected chi connectivity index (χ3v) is 7.70. The Labute approximate surface area is 145 Å². The summed E-state index contributed by atoms with van der Waals surface area (Å²) in [6.45, 7) is 14.7. The Morgan fingerprint density at radius 1 is 1.14 bits per heavy atom. The van der Waals surface area contributed by atoms with Gasteiger partial charge in [0.15, 0.2) is 0 Å². The first-order valence-electron chi connectivity index (χ1n) is 9.97. The fourth-order valence-corrected chi connectivity index (χ4v) is 6.18. The van der Waals surface area contributed by atoms with Crippen LogP contribution in [0.5, 0.6) is 0 Å². The molecule has 0 aliphatic heterocycles. The Balaban J connectivity index is 2.16. The summed E-state index contributed by atoms with van der Waals surface area (Å²) >= 11 is 4.98. The van der Waals surface area contributed by atoms with Gasteiger partial charge in [0.2, 0.25) is 0 Å². The molecule has 0 amide bonds. The molecule has 0 saturated heterocycles. The maximum Gasteiger partial charge on any atom is 0.0104 e. The zero-order valence-corrected chi connectivity index (χ0v) is 16.8. The van der Waals surface area contributed by atoms with Gasteiger partial charge in [-0.25, -0.2) is 0 Å². The van der Waals surface area contributed by atoms with Gasteiger partial charge in [0, 0.05) is 4.75 Å². The molecule has 7 atom stereocenters. The molecule has 2 aliphatic carbocycles. The highest BCUT2D eigenvalue weighted by molar-refractivity contribution is 7.81. The van der Waals surface area contributed by atoms with Gasteiger partial charge in [0.1, 0.15) is 0 Å². The summed E-state index contributed by atoms with van der Waals surface area (Å²) in [6.07, 6.45) is 9.84. The molecular formula is C21H40S. The van der Waals surface area contributed by atoms with Crippen LogP contribution in [-0.2, 0) is 0 Å². The Morgan fingerprint density at radius 3 is 2.36 bits per heavy atom. The van der Waals surface area contributed by atoms with Crippen LogP contribution >= 0.6 is 12.6 Å². The molecule has 2 saturated carbocycles. The quantitative estimate of drug-likeness (QED) is 0.537. The summed E-state index contributed by atoms with van der Waals surface area (Å²) in [7, 11) is 0. The molecule has 7 unspecified atom stereocenters. The van der Waals surface area contributed by atoms with E-state index >= 15 is 0 Å². The molecule has 130 valence electrons. The number of hydrogen-bond acceptors (Lipinski definition) is 1. The third kappa shape index (κ3) is 4.25. The minimum absolute atomic E-state index is 0.291. The number of rotatable bonds is 4. The van der Waals surface area contributed by atoms with Crippen molar-refractivity contribution in [3.8, 4) is 0 Å². The van der Waals surface area contributed by atoms with Crippen LogP contribution in [0.4, 0.5) is 0 Å². The van der Waals surface area contributed by atoms with Crippen molar-refractivity contribution in [3.05, 3.63) is 0 Å². The predicted octanol–water partition coefficient (Wildman–Crippen LogP) is 6.85. The van der Waals surface area contributed by atoms with E-state index in [-0.39, 0.29) is 0 Å². The van der Waals surface area contributed by atoms with Crippen molar-refractivity contribution in [1.29, 1.82) is 0 Å². The summed E-state index contributed by atoms with van der Waals surface area (Å²) in [5, 5.41) is 0. The van der Waals surface area contributed by atoms with Crippen molar-refractivity contribution in [2.24, 2.45) is 41.4 Å². The molecule has 2 rings (SSSR count). The fourth-order valence-electron chi connectivity index (χ4n) is 5.78. The summed E-state index contributed by atoms with van der Waals surface area (Å²) in [5.41, 5.74) is 0. The topological polar surface area (TPSA) is 0 Å². The van der Waals surface area contributed by atoms with Crippen molar-refractivity contribution in [1.82, 2.24) is 0 Å². The normalized spacial score (nSPS) is 45.0. The molecule has 0 bridgehead atoms. The maximum absolute atomic E-state index is 4.98. The van der Waals surface area contributed by atoms with Crippen molar-refractivity contribution >= 4 is 12.6 Å². The van der Waals surface area contributed by atoms with Gasteiger partial charge in [-0.15, -0.1) is 0 Å². The van der Waals surface area contributed by atoms with Gasteiger partial charge in [-0.3, -0.25) is 0 Å². The van der Waals surface area contributed by atoms with Gasteiger partial charge in [-0.05, 0) is 67.1 Å². The maximum atomic E-state index is 4.98. The third-order valence-electron chi connectivity index (χ3n) is 7.30. The molecule has 22 heavy (non-hydrogen) atoms. The summed E-state index contributed by atoms with van der Waals surface area (Å²) in [5.74, 6) is 6.46. The largest absolute Gasteiger partial charge is 0.173 e. The van der Waals surface area contributed by atoms with Crippen molar-refractivity contribution in [2.45, 2.75) is 91.2 Å². The molecule has 0 spiro atoms. The highest BCUT2D eigenvalue weighted by Crippen LogP contribution is 2.52. The van der Waals surface area contributed by atoms with Crippen LogP contribution in [0.3, 0.4) is 0 Å². The van der Waals surface area contributed by atoms with Gasteiger partial charge < -0.3 is 0 Å². The molecule has 1 heteroatoms. The van der Waals surface area contributed by atoms with E-state index in [4.69, 9.17) is 12.6 Å². The van der Waals surface area contributed by atoms with Crippen LogP contribution in [0.2, 0.25) is 0 Å². The van der Waals surface area contributed by atoms with Crippen LogP contribution in [0.15, 0.2) is 0 Å². The zero-order valence-electron chi connectivity index (χ0n) is 15.9. The van der Waals surface area contributed by atoms with Gasteiger partial charge >= 0.3 is 0 Å². The zero-order chi connectivity index (χ0) is 16.5. The van der Waals surface area contributed by atoms with Crippen LogP contribution in [0, 0.1) is 41.4 Å². The minimum atomic E-state index is 0.291. The molecule has 0 aromatic carbocycles. The van der Waals surface area contributed by atoms with E-state index in [9.17, 15) is 0 Å². The molecule has 0 nitrogen and oxygen atoms in total. The Hall–Kier alpha value is 0.350. The first-order chi connectivity index (χ1) is 10.2. The molecule has 2 aliphatic rings.